The second-order valence-corrected chi connectivity index (χ2v) is 13.6. The number of benzene rings is 2. The minimum atomic E-state index is -3.99. The number of likely N-dealkylation sites (N-methyl/N-ethyl adjacent to an activating group) is 1. The second kappa shape index (κ2) is 12.0. The zero-order valence-electron chi connectivity index (χ0n) is 25.3. The number of carbonyl (C=O) groups is 3. The third kappa shape index (κ3) is 5.98. The van der Waals surface area contributed by atoms with E-state index in [0.717, 1.165) is 57.7 Å². The highest BCUT2D eigenvalue weighted by Gasteiger charge is 2.33. The van der Waals surface area contributed by atoms with Gasteiger partial charge in [-0.05, 0) is 66.6 Å². The molecule has 1 atom stereocenters. The summed E-state index contributed by atoms with van der Waals surface area (Å²) in [6.07, 6.45) is 5.99. The molecule has 1 aliphatic heterocycles. The van der Waals surface area contributed by atoms with Gasteiger partial charge in [0, 0.05) is 56.8 Å². The first-order valence-corrected chi connectivity index (χ1v) is 16.0. The van der Waals surface area contributed by atoms with Crippen LogP contribution in [-0.2, 0) is 32.8 Å². The summed E-state index contributed by atoms with van der Waals surface area (Å²) in [7, 11) is 3.40. The van der Waals surface area contributed by atoms with Crippen LogP contribution in [0.5, 0.6) is 5.75 Å². The molecule has 0 bridgehead atoms. The lowest BCUT2D eigenvalue weighted by atomic mass is 9.81. The van der Waals surface area contributed by atoms with Gasteiger partial charge in [0.05, 0.1) is 18.8 Å². The Labute approximate surface area is 252 Å². The Balaban J connectivity index is 1.71. The SMILES string of the molecule is COc1ccc2c(c1)CC(NC(=O)C(=O)N(C)C)Cn1c-2c(C2CCCCC2)c2ccc(C(=O)NS(=O)(=O)N(C)C)cc21. The Kier molecular flexibility index (Phi) is 8.53. The molecule has 1 fully saturated rings. The molecule has 12 heteroatoms. The molecule has 3 aromatic rings. The van der Waals surface area contributed by atoms with E-state index in [-0.39, 0.29) is 5.56 Å². The van der Waals surface area contributed by atoms with Gasteiger partial charge in [0.1, 0.15) is 5.75 Å². The molecular weight excluding hydrogens is 570 g/mol. The second-order valence-electron chi connectivity index (χ2n) is 11.8. The summed E-state index contributed by atoms with van der Waals surface area (Å²) in [6, 6.07) is 10.8. The monoisotopic (exact) mass is 609 g/mol. The van der Waals surface area contributed by atoms with Gasteiger partial charge in [0.15, 0.2) is 0 Å². The van der Waals surface area contributed by atoms with Crippen LogP contribution in [-0.4, -0.2) is 81.3 Å². The summed E-state index contributed by atoms with van der Waals surface area (Å²) in [4.78, 5) is 39.8. The van der Waals surface area contributed by atoms with Gasteiger partial charge in [0.25, 0.3) is 5.91 Å². The normalized spacial score (nSPS) is 17.1. The van der Waals surface area contributed by atoms with E-state index in [2.05, 4.69) is 14.6 Å². The predicted octanol–water partition coefficient (Wildman–Crippen LogP) is 3.03. The fourth-order valence-electron chi connectivity index (χ4n) is 6.26. The van der Waals surface area contributed by atoms with Crippen LogP contribution in [0.1, 0.15) is 59.5 Å². The lowest BCUT2D eigenvalue weighted by Crippen LogP contribution is -2.46. The Morgan fingerprint density at radius 2 is 1.70 bits per heavy atom. The van der Waals surface area contributed by atoms with Crippen LogP contribution in [0.15, 0.2) is 36.4 Å². The molecule has 2 N–H and O–H groups in total. The highest BCUT2D eigenvalue weighted by molar-refractivity contribution is 7.87. The summed E-state index contributed by atoms with van der Waals surface area (Å²) < 4.78 is 35.6. The number of rotatable bonds is 6. The summed E-state index contributed by atoms with van der Waals surface area (Å²) >= 11 is 0. The Morgan fingerprint density at radius 3 is 2.35 bits per heavy atom. The van der Waals surface area contributed by atoms with Crippen LogP contribution in [0.2, 0.25) is 0 Å². The minimum Gasteiger partial charge on any atom is -0.497 e. The first-order valence-electron chi connectivity index (χ1n) is 14.5. The van der Waals surface area contributed by atoms with Crippen molar-refractivity contribution in [2.24, 2.45) is 0 Å². The first kappa shape index (κ1) is 30.6. The van der Waals surface area contributed by atoms with Crippen molar-refractivity contribution in [2.75, 3.05) is 35.3 Å². The summed E-state index contributed by atoms with van der Waals surface area (Å²) in [6.45, 7) is 0.350. The molecule has 1 aromatic heterocycles. The molecule has 230 valence electrons. The number of methoxy groups -OCH3 is 1. The predicted molar refractivity (Wildman–Crippen MR) is 164 cm³/mol. The van der Waals surface area contributed by atoms with Crippen LogP contribution in [0.25, 0.3) is 22.2 Å². The van der Waals surface area contributed by atoms with Gasteiger partial charge in [0.2, 0.25) is 0 Å². The summed E-state index contributed by atoms with van der Waals surface area (Å²) in [5.74, 6) is -1.07. The third-order valence-electron chi connectivity index (χ3n) is 8.45. The molecular formula is C31H39N5O6S. The molecule has 0 radical (unpaired) electrons. The lowest BCUT2D eigenvalue weighted by Gasteiger charge is -2.24. The molecule has 1 saturated carbocycles. The van der Waals surface area contributed by atoms with E-state index in [9.17, 15) is 22.8 Å². The van der Waals surface area contributed by atoms with Gasteiger partial charge in [-0.1, -0.05) is 25.3 Å². The molecule has 43 heavy (non-hydrogen) atoms. The van der Waals surface area contributed by atoms with E-state index >= 15 is 0 Å². The van der Waals surface area contributed by atoms with Crippen molar-refractivity contribution >= 4 is 38.8 Å². The van der Waals surface area contributed by atoms with Gasteiger partial charge in [-0.3, -0.25) is 14.4 Å². The summed E-state index contributed by atoms with van der Waals surface area (Å²) in [5.41, 5.74) is 5.19. The molecule has 5 rings (SSSR count). The van der Waals surface area contributed by atoms with E-state index in [1.165, 1.54) is 45.1 Å². The average Bonchev–Trinajstić information content (AvgIpc) is 3.20. The maximum atomic E-state index is 13.1. The fourth-order valence-corrected chi connectivity index (χ4v) is 6.80. The van der Waals surface area contributed by atoms with Crippen molar-refractivity contribution in [3.05, 3.63) is 53.1 Å². The number of aromatic nitrogens is 1. The standard InChI is InChI=1S/C31H39N5O6S/c1-34(2)31(39)30(38)32-22-15-21-16-23(42-5)12-14-24(21)28-27(19-9-7-6-8-10-19)25-13-11-20(17-26(25)36(28)18-22)29(37)33-43(40,41)35(3)4/h11-14,16-17,19,22H,6-10,15,18H2,1-5H3,(H,32,38)(H,33,37). The minimum absolute atomic E-state index is 0.205. The fraction of sp³-hybridized carbons (Fsp3) is 0.452. The molecule has 1 aliphatic carbocycles. The highest BCUT2D eigenvalue weighted by atomic mass is 32.2. The maximum Gasteiger partial charge on any atom is 0.311 e. The highest BCUT2D eigenvalue weighted by Crippen LogP contribution is 2.46. The summed E-state index contributed by atoms with van der Waals surface area (Å²) in [5, 5.41) is 3.93. The number of carbonyl (C=O) groups excluding carboxylic acids is 3. The average molecular weight is 610 g/mol. The van der Waals surface area contributed by atoms with Crippen molar-refractivity contribution in [1.29, 1.82) is 0 Å². The van der Waals surface area contributed by atoms with Gasteiger partial charge in [-0.15, -0.1) is 0 Å². The number of nitrogens with zero attached hydrogens (tertiary/aromatic N) is 3. The molecule has 2 aliphatic rings. The number of hydrogen-bond acceptors (Lipinski definition) is 6. The smallest absolute Gasteiger partial charge is 0.311 e. The zero-order chi connectivity index (χ0) is 31.1. The number of ether oxygens (including phenoxy) is 1. The van der Waals surface area contributed by atoms with Crippen LogP contribution in [0.4, 0.5) is 0 Å². The van der Waals surface area contributed by atoms with Crippen LogP contribution >= 0.6 is 0 Å². The third-order valence-corrected chi connectivity index (χ3v) is 9.86. The Bertz CT molecular complexity index is 1690. The van der Waals surface area contributed by atoms with Crippen LogP contribution in [0.3, 0.4) is 0 Å². The number of amides is 3. The number of hydrogen-bond donors (Lipinski definition) is 2. The number of nitrogens with one attached hydrogen (secondary N) is 2. The van der Waals surface area contributed by atoms with Crippen molar-refractivity contribution in [2.45, 2.75) is 57.0 Å². The quantitative estimate of drug-likeness (QED) is 0.414. The molecule has 0 saturated heterocycles. The number of fused-ring (bicyclic) bond motifs is 5. The maximum absolute atomic E-state index is 13.1. The van der Waals surface area contributed by atoms with Crippen molar-refractivity contribution in [3.8, 4) is 17.0 Å². The van der Waals surface area contributed by atoms with Gasteiger partial charge < -0.3 is 19.5 Å². The van der Waals surface area contributed by atoms with Gasteiger partial charge in [-0.2, -0.15) is 12.7 Å². The molecule has 1 unspecified atom stereocenters. The van der Waals surface area contributed by atoms with Gasteiger partial charge in [-0.25, -0.2) is 4.72 Å². The van der Waals surface area contributed by atoms with Crippen LogP contribution < -0.4 is 14.8 Å². The first-order chi connectivity index (χ1) is 20.4. The largest absolute Gasteiger partial charge is 0.497 e. The van der Waals surface area contributed by atoms with Crippen LogP contribution in [0, 0.1) is 0 Å². The van der Waals surface area contributed by atoms with Gasteiger partial charge >= 0.3 is 22.0 Å². The van der Waals surface area contributed by atoms with E-state index < -0.39 is 34.0 Å². The molecule has 2 aromatic carbocycles. The van der Waals surface area contributed by atoms with Crippen molar-refractivity contribution in [1.82, 2.24) is 23.8 Å². The van der Waals surface area contributed by atoms with E-state index in [0.29, 0.717) is 24.6 Å². The van der Waals surface area contributed by atoms with Crippen molar-refractivity contribution < 1.29 is 27.5 Å². The Hall–Kier alpha value is -3.90. The van der Waals surface area contributed by atoms with Crippen molar-refractivity contribution in [3.63, 3.8) is 0 Å². The van der Waals surface area contributed by atoms with E-state index in [1.807, 2.05) is 24.3 Å². The lowest BCUT2D eigenvalue weighted by molar-refractivity contribution is -0.144. The molecule has 11 nitrogen and oxygen atoms in total. The zero-order valence-corrected chi connectivity index (χ0v) is 26.1. The van der Waals surface area contributed by atoms with E-state index in [4.69, 9.17) is 4.74 Å². The van der Waals surface area contributed by atoms with E-state index in [1.54, 1.807) is 19.2 Å². The molecule has 0 spiro atoms. The molecule has 3 amide bonds. The molecule has 2 heterocycles. The Morgan fingerprint density at radius 1 is 0.977 bits per heavy atom. The topological polar surface area (TPSA) is 130 Å².